The summed E-state index contributed by atoms with van der Waals surface area (Å²) in [6, 6.07) is 5.74. The molecule has 1 saturated carbocycles. The quantitative estimate of drug-likeness (QED) is 0.794. The SMILES string of the molecule is OCc1cccc(N2CC3CCC(O)C3C2)n1. The number of nitrogens with zero attached hydrogens (tertiary/aromatic N) is 2. The number of hydrogen-bond acceptors (Lipinski definition) is 4. The van der Waals surface area contributed by atoms with E-state index in [9.17, 15) is 5.11 Å². The Balaban J connectivity index is 1.78. The van der Waals surface area contributed by atoms with Crippen LogP contribution in [0.3, 0.4) is 0 Å². The fourth-order valence-electron chi connectivity index (χ4n) is 3.15. The topological polar surface area (TPSA) is 56.6 Å². The van der Waals surface area contributed by atoms with Crippen molar-refractivity contribution in [3.63, 3.8) is 0 Å². The molecule has 1 aliphatic carbocycles. The third-order valence-electron chi connectivity index (χ3n) is 4.10. The smallest absolute Gasteiger partial charge is 0.128 e. The zero-order valence-electron chi connectivity index (χ0n) is 9.79. The lowest BCUT2D eigenvalue weighted by atomic mass is 10.00. The van der Waals surface area contributed by atoms with Crippen molar-refractivity contribution in [3.8, 4) is 0 Å². The Labute approximate surface area is 101 Å². The van der Waals surface area contributed by atoms with Crippen LogP contribution in [0.2, 0.25) is 0 Å². The second kappa shape index (κ2) is 4.27. The first-order chi connectivity index (χ1) is 8.28. The highest BCUT2D eigenvalue weighted by Gasteiger charge is 2.42. The summed E-state index contributed by atoms with van der Waals surface area (Å²) in [5.74, 6) is 1.96. The molecule has 1 aliphatic heterocycles. The lowest BCUT2D eigenvalue weighted by Gasteiger charge is -2.19. The molecule has 0 aromatic carbocycles. The summed E-state index contributed by atoms with van der Waals surface area (Å²) in [6.45, 7) is 1.87. The van der Waals surface area contributed by atoms with Gasteiger partial charge in [0.05, 0.1) is 18.4 Å². The zero-order valence-corrected chi connectivity index (χ0v) is 9.79. The number of rotatable bonds is 2. The number of anilines is 1. The van der Waals surface area contributed by atoms with Crippen molar-refractivity contribution in [2.45, 2.75) is 25.6 Å². The fourth-order valence-corrected chi connectivity index (χ4v) is 3.15. The number of aliphatic hydroxyl groups is 2. The van der Waals surface area contributed by atoms with Gasteiger partial charge in [-0.2, -0.15) is 0 Å². The van der Waals surface area contributed by atoms with Gasteiger partial charge in [-0.15, -0.1) is 0 Å². The van der Waals surface area contributed by atoms with Gasteiger partial charge in [-0.1, -0.05) is 6.07 Å². The molecule has 1 aromatic heterocycles. The number of fused-ring (bicyclic) bond motifs is 1. The first-order valence-corrected chi connectivity index (χ1v) is 6.27. The maximum Gasteiger partial charge on any atom is 0.128 e. The lowest BCUT2D eigenvalue weighted by Crippen LogP contribution is -2.25. The molecule has 0 radical (unpaired) electrons. The van der Waals surface area contributed by atoms with Gasteiger partial charge in [0.2, 0.25) is 0 Å². The highest BCUT2D eigenvalue weighted by Crippen LogP contribution is 2.39. The number of hydrogen-bond donors (Lipinski definition) is 2. The number of aromatic nitrogens is 1. The molecule has 2 heterocycles. The van der Waals surface area contributed by atoms with Crippen LogP contribution in [-0.4, -0.2) is 34.4 Å². The lowest BCUT2D eigenvalue weighted by molar-refractivity contribution is 0.133. The number of aliphatic hydroxyl groups excluding tert-OH is 2. The van der Waals surface area contributed by atoms with Crippen molar-refractivity contribution in [2.24, 2.45) is 11.8 Å². The van der Waals surface area contributed by atoms with Crippen LogP contribution in [0.25, 0.3) is 0 Å². The average molecular weight is 234 g/mol. The van der Waals surface area contributed by atoms with E-state index in [0.717, 1.165) is 31.7 Å². The minimum atomic E-state index is -0.133. The summed E-state index contributed by atoms with van der Waals surface area (Å²) in [5, 5.41) is 19.0. The van der Waals surface area contributed by atoms with Crippen molar-refractivity contribution >= 4 is 5.82 Å². The summed E-state index contributed by atoms with van der Waals surface area (Å²) in [4.78, 5) is 6.65. The Morgan fingerprint density at radius 2 is 2.18 bits per heavy atom. The van der Waals surface area contributed by atoms with Crippen LogP contribution in [-0.2, 0) is 6.61 Å². The van der Waals surface area contributed by atoms with Crippen molar-refractivity contribution in [2.75, 3.05) is 18.0 Å². The molecule has 17 heavy (non-hydrogen) atoms. The molecule has 0 bridgehead atoms. The number of pyridine rings is 1. The molecule has 3 atom stereocenters. The summed E-state index contributed by atoms with van der Waals surface area (Å²) in [5.41, 5.74) is 0.708. The third-order valence-corrected chi connectivity index (χ3v) is 4.10. The van der Waals surface area contributed by atoms with Gasteiger partial charge in [-0.3, -0.25) is 0 Å². The summed E-state index contributed by atoms with van der Waals surface area (Å²) >= 11 is 0. The van der Waals surface area contributed by atoms with E-state index < -0.39 is 0 Å². The van der Waals surface area contributed by atoms with Crippen LogP contribution in [0.4, 0.5) is 5.82 Å². The molecule has 0 amide bonds. The minimum absolute atomic E-state index is 0.0167. The predicted octanol–water partition coefficient (Wildman–Crippen LogP) is 0.781. The normalized spacial score (nSPS) is 31.9. The van der Waals surface area contributed by atoms with Crippen LogP contribution in [0.5, 0.6) is 0 Å². The van der Waals surface area contributed by atoms with Gasteiger partial charge in [0.25, 0.3) is 0 Å². The molecule has 1 saturated heterocycles. The Bertz CT molecular complexity index is 410. The van der Waals surface area contributed by atoms with E-state index >= 15 is 0 Å². The van der Waals surface area contributed by atoms with Crippen molar-refractivity contribution < 1.29 is 10.2 Å². The van der Waals surface area contributed by atoms with Gasteiger partial charge in [-0.05, 0) is 30.9 Å². The molecule has 92 valence electrons. The molecular formula is C13H18N2O2. The Kier molecular flexibility index (Phi) is 2.76. The van der Waals surface area contributed by atoms with E-state index in [1.54, 1.807) is 0 Å². The van der Waals surface area contributed by atoms with Gasteiger partial charge in [-0.25, -0.2) is 4.98 Å². The van der Waals surface area contributed by atoms with Crippen LogP contribution in [0.1, 0.15) is 18.5 Å². The second-order valence-corrected chi connectivity index (χ2v) is 5.12. The van der Waals surface area contributed by atoms with Crippen molar-refractivity contribution in [1.82, 2.24) is 4.98 Å². The maximum atomic E-state index is 9.88. The van der Waals surface area contributed by atoms with Crippen LogP contribution < -0.4 is 4.90 Å². The molecule has 1 aromatic rings. The molecule has 2 aliphatic rings. The Morgan fingerprint density at radius 3 is 2.94 bits per heavy atom. The van der Waals surface area contributed by atoms with Crippen LogP contribution >= 0.6 is 0 Å². The maximum absolute atomic E-state index is 9.88. The van der Waals surface area contributed by atoms with Gasteiger partial charge in [0.1, 0.15) is 5.82 Å². The zero-order chi connectivity index (χ0) is 11.8. The second-order valence-electron chi connectivity index (χ2n) is 5.12. The van der Waals surface area contributed by atoms with E-state index in [2.05, 4.69) is 9.88 Å². The predicted molar refractivity (Wildman–Crippen MR) is 64.6 cm³/mol. The molecule has 2 fully saturated rings. The van der Waals surface area contributed by atoms with E-state index in [-0.39, 0.29) is 12.7 Å². The van der Waals surface area contributed by atoms with E-state index in [1.807, 2.05) is 18.2 Å². The summed E-state index contributed by atoms with van der Waals surface area (Å²) < 4.78 is 0. The molecule has 3 rings (SSSR count). The average Bonchev–Trinajstić information content (AvgIpc) is 2.92. The monoisotopic (exact) mass is 234 g/mol. The van der Waals surface area contributed by atoms with E-state index in [0.29, 0.717) is 17.5 Å². The summed E-state index contributed by atoms with van der Waals surface area (Å²) in [6.07, 6.45) is 1.95. The summed E-state index contributed by atoms with van der Waals surface area (Å²) in [7, 11) is 0. The van der Waals surface area contributed by atoms with E-state index in [1.165, 1.54) is 0 Å². The molecule has 4 nitrogen and oxygen atoms in total. The van der Waals surface area contributed by atoms with Gasteiger partial charge in [0, 0.05) is 19.0 Å². The van der Waals surface area contributed by atoms with Gasteiger partial charge >= 0.3 is 0 Å². The van der Waals surface area contributed by atoms with Crippen molar-refractivity contribution in [3.05, 3.63) is 23.9 Å². The molecule has 0 spiro atoms. The van der Waals surface area contributed by atoms with Crippen LogP contribution in [0.15, 0.2) is 18.2 Å². The highest BCUT2D eigenvalue weighted by atomic mass is 16.3. The Morgan fingerprint density at radius 1 is 1.29 bits per heavy atom. The standard InChI is InChI=1S/C13H18N2O2/c16-8-10-2-1-3-13(14-10)15-6-9-4-5-12(17)11(9)7-15/h1-3,9,11-12,16-17H,4-8H2. The van der Waals surface area contributed by atoms with Gasteiger partial charge < -0.3 is 15.1 Å². The van der Waals surface area contributed by atoms with Crippen molar-refractivity contribution in [1.29, 1.82) is 0 Å². The molecular weight excluding hydrogens is 216 g/mol. The highest BCUT2D eigenvalue weighted by molar-refractivity contribution is 5.41. The fraction of sp³-hybridized carbons (Fsp3) is 0.615. The molecule has 2 N–H and O–H groups in total. The largest absolute Gasteiger partial charge is 0.393 e. The third kappa shape index (κ3) is 1.91. The minimum Gasteiger partial charge on any atom is -0.393 e. The van der Waals surface area contributed by atoms with Gasteiger partial charge in [0.15, 0.2) is 0 Å². The molecule has 4 heteroatoms. The molecule has 3 unspecified atom stereocenters. The Hall–Kier alpha value is -1.13. The van der Waals surface area contributed by atoms with E-state index in [4.69, 9.17) is 5.11 Å². The first-order valence-electron chi connectivity index (χ1n) is 6.27. The first kappa shape index (κ1) is 11.0. The van der Waals surface area contributed by atoms with Crippen LogP contribution in [0, 0.1) is 11.8 Å².